The number of benzene rings is 2. The lowest BCUT2D eigenvalue weighted by molar-refractivity contribution is -0.145. The summed E-state index contributed by atoms with van der Waals surface area (Å²) in [7, 11) is 0. The van der Waals surface area contributed by atoms with Crippen LogP contribution in [0, 0.1) is 0 Å². The maximum absolute atomic E-state index is 12.6. The zero-order chi connectivity index (χ0) is 22.4. The van der Waals surface area contributed by atoms with Crippen molar-refractivity contribution >= 4 is 40.9 Å². The SMILES string of the molecule is CCOC(=O)CN1C(=O)SC(=Cc2ccccc2OCc2ccc(C(=O)O)cc2)C1=O. The van der Waals surface area contributed by atoms with Gasteiger partial charge in [0.1, 0.15) is 18.9 Å². The number of hydrogen-bond acceptors (Lipinski definition) is 7. The van der Waals surface area contributed by atoms with Crippen molar-refractivity contribution in [3.63, 3.8) is 0 Å². The van der Waals surface area contributed by atoms with E-state index in [2.05, 4.69) is 0 Å². The van der Waals surface area contributed by atoms with Crippen molar-refractivity contribution in [3.8, 4) is 5.75 Å². The van der Waals surface area contributed by atoms with Gasteiger partial charge in [0.05, 0.1) is 17.1 Å². The highest BCUT2D eigenvalue weighted by molar-refractivity contribution is 8.18. The van der Waals surface area contributed by atoms with Crippen molar-refractivity contribution in [1.82, 2.24) is 4.90 Å². The molecule has 1 fully saturated rings. The van der Waals surface area contributed by atoms with Crippen molar-refractivity contribution in [2.45, 2.75) is 13.5 Å². The molecule has 0 aliphatic carbocycles. The third-order valence-corrected chi connectivity index (χ3v) is 5.17. The summed E-state index contributed by atoms with van der Waals surface area (Å²) < 4.78 is 10.6. The standard InChI is InChI=1S/C22H19NO7S/c1-2-29-19(24)12-23-20(25)18(31-22(23)28)11-16-5-3-4-6-17(16)30-13-14-7-9-15(10-8-14)21(26)27/h3-11H,2,12-13H2,1H3,(H,26,27). The maximum Gasteiger partial charge on any atom is 0.335 e. The van der Waals surface area contributed by atoms with Crippen LogP contribution in [0.2, 0.25) is 0 Å². The fraction of sp³-hybridized carbons (Fsp3) is 0.182. The highest BCUT2D eigenvalue weighted by atomic mass is 32.2. The summed E-state index contributed by atoms with van der Waals surface area (Å²) in [4.78, 5) is 48.3. The van der Waals surface area contributed by atoms with E-state index in [4.69, 9.17) is 14.6 Å². The molecule has 0 saturated carbocycles. The van der Waals surface area contributed by atoms with Crippen LogP contribution in [0.15, 0.2) is 53.4 Å². The summed E-state index contributed by atoms with van der Waals surface area (Å²) in [6.07, 6.45) is 1.54. The van der Waals surface area contributed by atoms with Crippen LogP contribution in [0.25, 0.3) is 6.08 Å². The van der Waals surface area contributed by atoms with Gasteiger partial charge in [0.25, 0.3) is 11.1 Å². The number of para-hydroxylation sites is 1. The molecule has 2 amide bonds. The van der Waals surface area contributed by atoms with Crippen LogP contribution in [0.1, 0.15) is 28.4 Å². The van der Waals surface area contributed by atoms with Gasteiger partial charge in [-0.3, -0.25) is 19.3 Å². The number of ether oxygens (including phenoxy) is 2. The lowest BCUT2D eigenvalue weighted by Gasteiger charge is -2.11. The summed E-state index contributed by atoms with van der Waals surface area (Å²) in [5.41, 5.74) is 1.54. The molecule has 1 aliphatic rings. The minimum absolute atomic E-state index is 0.161. The molecular weight excluding hydrogens is 422 g/mol. The Morgan fingerprint density at radius 3 is 2.48 bits per heavy atom. The van der Waals surface area contributed by atoms with Gasteiger partial charge in [-0.25, -0.2) is 4.79 Å². The van der Waals surface area contributed by atoms with Crippen LogP contribution in [0.3, 0.4) is 0 Å². The minimum Gasteiger partial charge on any atom is -0.488 e. The van der Waals surface area contributed by atoms with Crippen LogP contribution in [-0.4, -0.2) is 46.2 Å². The van der Waals surface area contributed by atoms with Gasteiger partial charge in [-0.2, -0.15) is 0 Å². The number of hydrogen-bond donors (Lipinski definition) is 1. The van der Waals surface area contributed by atoms with E-state index in [1.54, 1.807) is 49.4 Å². The smallest absolute Gasteiger partial charge is 0.335 e. The monoisotopic (exact) mass is 441 g/mol. The highest BCUT2D eigenvalue weighted by Crippen LogP contribution is 2.34. The Kier molecular flexibility index (Phi) is 7.09. The first-order chi connectivity index (χ1) is 14.9. The molecule has 1 N–H and O–H groups in total. The molecule has 2 aromatic carbocycles. The largest absolute Gasteiger partial charge is 0.488 e. The van der Waals surface area contributed by atoms with Gasteiger partial charge in [0.2, 0.25) is 0 Å². The number of carboxylic acid groups (broad SMARTS) is 1. The molecule has 1 saturated heterocycles. The van der Waals surface area contributed by atoms with Gasteiger partial charge in [0.15, 0.2) is 0 Å². The average molecular weight is 441 g/mol. The first-order valence-electron chi connectivity index (χ1n) is 9.34. The van der Waals surface area contributed by atoms with Gasteiger partial charge >= 0.3 is 11.9 Å². The highest BCUT2D eigenvalue weighted by Gasteiger charge is 2.36. The molecule has 0 spiro atoms. The Balaban J connectivity index is 1.73. The number of nitrogens with zero attached hydrogens (tertiary/aromatic N) is 1. The second-order valence-corrected chi connectivity index (χ2v) is 7.39. The van der Waals surface area contributed by atoms with E-state index >= 15 is 0 Å². The number of carbonyl (C=O) groups is 4. The van der Waals surface area contributed by atoms with Crippen molar-refractivity contribution in [2.75, 3.05) is 13.2 Å². The molecular formula is C22H19NO7S. The average Bonchev–Trinajstić information content (AvgIpc) is 3.01. The molecule has 0 radical (unpaired) electrons. The molecule has 31 heavy (non-hydrogen) atoms. The third kappa shape index (κ3) is 5.52. The Morgan fingerprint density at radius 1 is 1.10 bits per heavy atom. The number of amides is 2. The van der Waals surface area contributed by atoms with Gasteiger partial charge in [-0.1, -0.05) is 30.3 Å². The molecule has 0 bridgehead atoms. The number of thioether (sulfide) groups is 1. The van der Waals surface area contributed by atoms with Crippen LogP contribution in [0.5, 0.6) is 5.75 Å². The quantitative estimate of drug-likeness (QED) is 0.489. The molecule has 0 aromatic heterocycles. The molecule has 8 nitrogen and oxygen atoms in total. The fourth-order valence-corrected chi connectivity index (χ4v) is 3.58. The van der Waals surface area contributed by atoms with Crippen molar-refractivity contribution in [3.05, 3.63) is 70.1 Å². The normalized spacial score (nSPS) is 14.7. The van der Waals surface area contributed by atoms with E-state index in [1.807, 2.05) is 0 Å². The molecule has 2 aromatic rings. The summed E-state index contributed by atoms with van der Waals surface area (Å²) in [5.74, 6) is -1.73. The van der Waals surface area contributed by atoms with Crippen molar-refractivity contribution < 1.29 is 33.8 Å². The van der Waals surface area contributed by atoms with Crippen LogP contribution in [-0.2, 0) is 20.9 Å². The fourth-order valence-electron chi connectivity index (χ4n) is 2.75. The molecule has 0 unspecified atom stereocenters. The number of rotatable bonds is 8. The number of aromatic carboxylic acids is 1. The number of imide groups is 1. The zero-order valence-electron chi connectivity index (χ0n) is 16.6. The minimum atomic E-state index is -1.00. The van der Waals surface area contributed by atoms with Gasteiger partial charge in [-0.05, 0) is 48.5 Å². The predicted molar refractivity (Wildman–Crippen MR) is 113 cm³/mol. The van der Waals surface area contributed by atoms with E-state index in [9.17, 15) is 19.2 Å². The van der Waals surface area contributed by atoms with Crippen LogP contribution >= 0.6 is 11.8 Å². The van der Waals surface area contributed by atoms with Crippen LogP contribution in [0.4, 0.5) is 4.79 Å². The van der Waals surface area contributed by atoms with E-state index in [1.165, 1.54) is 12.1 Å². The molecule has 1 aliphatic heterocycles. The van der Waals surface area contributed by atoms with E-state index in [-0.39, 0.29) is 23.7 Å². The van der Waals surface area contributed by atoms with E-state index < -0.39 is 29.6 Å². The van der Waals surface area contributed by atoms with E-state index in [0.717, 1.165) is 22.2 Å². The Hall–Kier alpha value is -3.59. The molecule has 3 rings (SSSR count). The maximum atomic E-state index is 12.6. The summed E-state index contributed by atoms with van der Waals surface area (Å²) in [6, 6.07) is 13.3. The summed E-state index contributed by atoms with van der Waals surface area (Å²) in [5, 5.41) is 8.43. The Labute approximate surface area is 182 Å². The van der Waals surface area contributed by atoms with Gasteiger partial charge in [0, 0.05) is 5.56 Å². The lowest BCUT2D eigenvalue weighted by Crippen LogP contribution is -2.34. The van der Waals surface area contributed by atoms with Gasteiger partial charge in [-0.15, -0.1) is 0 Å². The van der Waals surface area contributed by atoms with Crippen molar-refractivity contribution in [1.29, 1.82) is 0 Å². The molecule has 160 valence electrons. The zero-order valence-corrected chi connectivity index (χ0v) is 17.4. The molecule has 1 heterocycles. The topological polar surface area (TPSA) is 110 Å². The first-order valence-corrected chi connectivity index (χ1v) is 10.2. The number of carboxylic acids is 1. The summed E-state index contributed by atoms with van der Waals surface area (Å²) >= 11 is 0.744. The molecule has 9 heteroatoms. The second kappa shape index (κ2) is 9.94. The van der Waals surface area contributed by atoms with Crippen molar-refractivity contribution in [2.24, 2.45) is 0 Å². The Bertz CT molecular complexity index is 1050. The van der Waals surface area contributed by atoms with Crippen LogP contribution < -0.4 is 4.74 Å². The summed E-state index contributed by atoms with van der Waals surface area (Å²) in [6.45, 7) is 1.56. The number of esters is 1. The first kappa shape index (κ1) is 22.1. The van der Waals surface area contributed by atoms with E-state index in [0.29, 0.717) is 11.3 Å². The second-order valence-electron chi connectivity index (χ2n) is 6.40. The third-order valence-electron chi connectivity index (χ3n) is 4.27. The number of carbonyl (C=O) groups excluding carboxylic acids is 3. The molecule has 0 atom stereocenters. The predicted octanol–water partition coefficient (Wildman–Crippen LogP) is 3.56. The van der Waals surface area contributed by atoms with Gasteiger partial charge < -0.3 is 14.6 Å². The Morgan fingerprint density at radius 2 is 1.81 bits per heavy atom. The lowest BCUT2D eigenvalue weighted by atomic mass is 10.1.